The number of rotatable bonds is 7. The topological polar surface area (TPSA) is 79.6 Å². The van der Waals surface area contributed by atoms with Crippen molar-refractivity contribution < 1.29 is 18.4 Å². The predicted molar refractivity (Wildman–Crippen MR) is 142 cm³/mol. The van der Waals surface area contributed by atoms with Crippen LogP contribution >= 0.6 is 11.8 Å². The number of alkyl halides is 2. The number of aromatic nitrogens is 2. The molecule has 3 atom stereocenters. The van der Waals surface area contributed by atoms with Crippen LogP contribution in [0.5, 0.6) is 0 Å². The number of carbonyl (C=O) groups is 2. The summed E-state index contributed by atoms with van der Waals surface area (Å²) in [7, 11) is 0. The molecule has 1 saturated heterocycles. The highest BCUT2D eigenvalue weighted by Gasteiger charge is 2.50. The minimum atomic E-state index is -2.83. The third kappa shape index (κ3) is 4.85. The number of fused-ring (bicyclic) bond motifs is 1. The van der Waals surface area contributed by atoms with Gasteiger partial charge >= 0.3 is 0 Å². The lowest BCUT2D eigenvalue weighted by Crippen LogP contribution is -2.51. The van der Waals surface area contributed by atoms with Crippen molar-refractivity contribution in [3.63, 3.8) is 0 Å². The van der Waals surface area contributed by atoms with Gasteiger partial charge in [-0.05, 0) is 71.0 Å². The average Bonchev–Trinajstić information content (AvgIpc) is 3.65. The van der Waals surface area contributed by atoms with E-state index in [0.717, 1.165) is 17.7 Å². The number of nitrogens with one attached hydrogen (secondary N) is 1. The molecule has 4 heterocycles. The fourth-order valence-electron chi connectivity index (χ4n) is 5.94. The number of thioether (sulfide) groups is 1. The highest BCUT2D eigenvalue weighted by atomic mass is 32.2. The van der Waals surface area contributed by atoms with Gasteiger partial charge in [0.2, 0.25) is 0 Å². The highest BCUT2D eigenvalue weighted by Crippen LogP contribution is 2.44. The standard InChI is InChI=1S/C27H33F2N5O2S/c1-15-12-22(37-4)20(25(35)32-15)13-31-26(36)23-17(3)34(24-19(23)6-5-10-30-24)16(2)21-9-11-33(18-7-8-18)14-27(21,28)29/h5-6,10,12,16,18,20-21H,7-9,11,13-14H2,1-4H3,(H,31,36)/t16-,20?,21+/m1/s1. The van der Waals surface area contributed by atoms with Crippen LogP contribution in [-0.4, -0.2) is 69.8 Å². The molecule has 2 aliphatic heterocycles. The van der Waals surface area contributed by atoms with E-state index < -0.39 is 23.8 Å². The zero-order chi connectivity index (χ0) is 26.5. The minimum Gasteiger partial charge on any atom is -0.351 e. The van der Waals surface area contributed by atoms with Crippen molar-refractivity contribution in [2.75, 3.05) is 25.9 Å². The summed E-state index contributed by atoms with van der Waals surface area (Å²) in [6.45, 7) is 5.93. The van der Waals surface area contributed by atoms with Gasteiger partial charge in [0, 0.05) is 52.4 Å². The molecule has 0 aromatic carbocycles. The van der Waals surface area contributed by atoms with Crippen molar-refractivity contribution in [1.82, 2.24) is 19.8 Å². The Labute approximate surface area is 219 Å². The van der Waals surface area contributed by atoms with Crippen molar-refractivity contribution in [3.05, 3.63) is 40.6 Å². The van der Waals surface area contributed by atoms with Crippen LogP contribution in [0.4, 0.5) is 8.78 Å². The van der Waals surface area contributed by atoms with E-state index in [2.05, 4.69) is 15.3 Å². The second-order valence-electron chi connectivity index (χ2n) is 10.4. The minimum absolute atomic E-state index is 0.112. The molecule has 1 unspecified atom stereocenters. The summed E-state index contributed by atoms with van der Waals surface area (Å²) in [6.07, 6.45) is 7.78. The molecule has 37 heavy (non-hydrogen) atoms. The third-order valence-electron chi connectivity index (χ3n) is 7.95. The van der Waals surface area contributed by atoms with Crippen molar-refractivity contribution in [2.24, 2.45) is 16.8 Å². The van der Waals surface area contributed by atoms with Crippen LogP contribution in [0.15, 0.2) is 34.3 Å². The zero-order valence-electron chi connectivity index (χ0n) is 21.6. The molecule has 1 N–H and O–H groups in total. The van der Waals surface area contributed by atoms with E-state index in [9.17, 15) is 9.59 Å². The summed E-state index contributed by atoms with van der Waals surface area (Å²) in [5.41, 5.74) is 2.18. The Morgan fingerprint density at radius 2 is 2.05 bits per heavy atom. The Morgan fingerprint density at radius 3 is 2.73 bits per heavy atom. The zero-order valence-corrected chi connectivity index (χ0v) is 22.4. The monoisotopic (exact) mass is 529 g/mol. The van der Waals surface area contributed by atoms with E-state index in [1.807, 2.05) is 28.7 Å². The summed E-state index contributed by atoms with van der Waals surface area (Å²) in [4.78, 5) is 37.3. The maximum absolute atomic E-state index is 15.4. The third-order valence-corrected chi connectivity index (χ3v) is 8.83. The normalized spacial score (nSPS) is 25.1. The molecule has 2 aromatic rings. The van der Waals surface area contributed by atoms with Crippen LogP contribution in [-0.2, 0) is 4.79 Å². The molecular weight excluding hydrogens is 496 g/mol. The number of dihydropyridines is 1. The maximum Gasteiger partial charge on any atom is 0.265 e. The van der Waals surface area contributed by atoms with Crippen molar-refractivity contribution in [3.8, 4) is 0 Å². The summed E-state index contributed by atoms with van der Waals surface area (Å²) in [5.74, 6) is -4.86. The summed E-state index contributed by atoms with van der Waals surface area (Å²) in [5, 5.41) is 3.52. The quantitative estimate of drug-likeness (QED) is 0.566. The molecule has 5 rings (SSSR count). The molecule has 2 aromatic heterocycles. The number of amides is 2. The molecule has 0 bridgehead atoms. The van der Waals surface area contributed by atoms with E-state index in [1.165, 1.54) is 11.8 Å². The molecule has 2 amide bonds. The van der Waals surface area contributed by atoms with Crippen molar-refractivity contribution >= 4 is 40.3 Å². The van der Waals surface area contributed by atoms with Crippen molar-refractivity contribution in [1.29, 1.82) is 0 Å². The first kappa shape index (κ1) is 26.0. The lowest BCUT2D eigenvalue weighted by Gasteiger charge is -2.41. The summed E-state index contributed by atoms with van der Waals surface area (Å²) >= 11 is 1.46. The Balaban J connectivity index is 1.41. The van der Waals surface area contributed by atoms with Crippen LogP contribution in [0.2, 0.25) is 0 Å². The van der Waals surface area contributed by atoms with E-state index in [-0.39, 0.29) is 24.9 Å². The molecule has 7 nitrogen and oxygen atoms in total. The van der Waals surface area contributed by atoms with Gasteiger partial charge in [0.05, 0.1) is 18.0 Å². The van der Waals surface area contributed by atoms with E-state index in [1.54, 1.807) is 32.2 Å². The van der Waals surface area contributed by atoms with Gasteiger partial charge in [0.1, 0.15) is 5.65 Å². The van der Waals surface area contributed by atoms with Gasteiger partial charge in [0.15, 0.2) is 0 Å². The van der Waals surface area contributed by atoms with Gasteiger partial charge in [-0.3, -0.25) is 14.5 Å². The Bertz CT molecular complexity index is 1300. The second-order valence-corrected chi connectivity index (χ2v) is 11.3. The molecule has 0 radical (unpaired) electrons. The van der Waals surface area contributed by atoms with Gasteiger partial charge in [0.25, 0.3) is 17.7 Å². The van der Waals surface area contributed by atoms with E-state index in [4.69, 9.17) is 0 Å². The predicted octanol–water partition coefficient (Wildman–Crippen LogP) is 4.62. The number of nitrogens with zero attached hydrogens (tertiary/aromatic N) is 4. The molecule has 1 saturated carbocycles. The van der Waals surface area contributed by atoms with Gasteiger partial charge in [-0.2, -0.15) is 0 Å². The summed E-state index contributed by atoms with van der Waals surface area (Å²) < 4.78 is 32.6. The smallest absolute Gasteiger partial charge is 0.265 e. The second kappa shape index (κ2) is 9.94. The van der Waals surface area contributed by atoms with Gasteiger partial charge in [-0.15, -0.1) is 11.8 Å². The molecule has 2 fully saturated rings. The molecule has 3 aliphatic rings. The van der Waals surface area contributed by atoms with Crippen molar-refractivity contribution in [2.45, 2.75) is 58.0 Å². The maximum atomic E-state index is 15.4. The Kier molecular flexibility index (Phi) is 7.00. The Morgan fingerprint density at radius 1 is 1.30 bits per heavy atom. The fourth-order valence-corrected chi connectivity index (χ4v) is 6.69. The van der Waals surface area contributed by atoms with Crippen LogP contribution in [0, 0.1) is 18.8 Å². The van der Waals surface area contributed by atoms with Gasteiger partial charge in [-0.25, -0.2) is 18.8 Å². The number of aliphatic imine (C=N–C) groups is 1. The first-order valence-corrected chi connectivity index (χ1v) is 14.0. The number of halogens is 2. The van der Waals surface area contributed by atoms with Crippen LogP contribution in [0.1, 0.15) is 55.2 Å². The Hall–Kier alpha value is -2.59. The van der Waals surface area contributed by atoms with Crippen LogP contribution < -0.4 is 5.32 Å². The number of pyridine rings is 1. The van der Waals surface area contributed by atoms with E-state index >= 15 is 8.78 Å². The van der Waals surface area contributed by atoms with Crippen LogP contribution in [0.25, 0.3) is 11.0 Å². The number of piperidine rings is 1. The van der Waals surface area contributed by atoms with Crippen LogP contribution in [0.3, 0.4) is 0 Å². The molecule has 0 spiro atoms. The number of hydrogen-bond donors (Lipinski definition) is 1. The van der Waals surface area contributed by atoms with E-state index in [0.29, 0.717) is 47.0 Å². The number of allylic oxidation sites excluding steroid dienone is 1. The molecule has 198 valence electrons. The first-order valence-electron chi connectivity index (χ1n) is 12.8. The number of carbonyl (C=O) groups excluding carboxylic acids is 2. The lowest BCUT2D eigenvalue weighted by atomic mass is 9.86. The lowest BCUT2D eigenvalue weighted by molar-refractivity contribution is -0.126. The molecule has 10 heteroatoms. The van der Waals surface area contributed by atoms with Gasteiger partial charge in [-0.1, -0.05) is 0 Å². The first-order chi connectivity index (χ1) is 17.6. The number of likely N-dealkylation sites (tertiary alicyclic amines) is 1. The highest BCUT2D eigenvalue weighted by molar-refractivity contribution is 8.02. The largest absolute Gasteiger partial charge is 0.351 e. The van der Waals surface area contributed by atoms with Gasteiger partial charge < -0.3 is 9.88 Å². The fraction of sp³-hybridized carbons (Fsp3) is 0.556. The molecule has 1 aliphatic carbocycles. The summed E-state index contributed by atoms with van der Waals surface area (Å²) in [6, 6.07) is 3.31. The molecular formula is C27H33F2N5O2S. The average molecular weight is 530 g/mol. The SMILES string of the molecule is CSC1=CC(C)=NC(=O)C1CNC(=O)c1c(C)n([C@H](C)[C@@H]2CCN(C3CC3)CC2(F)F)c2ncccc12. The number of hydrogen-bond acceptors (Lipinski definition) is 5.